The first kappa shape index (κ1) is 15.1. The van der Waals surface area contributed by atoms with Crippen molar-refractivity contribution in [3.05, 3.63) is 65.7 Å². The standard InChI is InChI=1S/C18H21NO2/c1-14-10-8-9-13-16(14)20-17(19-21-18(2,3)4)15-11-6-5-7-12-15/h5-13H,1-4H3/b19-17+. The van der Waals surface area contributed by atoms with Gasteiger partial charge in [0.15, 0.2) is 0 Å². The maximum atomic E-state index is 5.95. The molecule has 0 bridgehead atoms. The Morgan fingerprint density at radius 2 is 1.52 bits per heavy atom. The van der Waals surface area contributed by atoms with E-state index in [1.165, 1.54) is 0 Å². The summed E-state index contributed by atoms with van der Waals surface area (Å²) in [6, 6.07) is 17.6. The third-order valence-corrected chi connectivity index (χ3v) is 2.72. The van der Waals surface area contributed by atoms with E-state index in [2.05, 4.69) is 5.16 Å². The zero-order valence-corrected chi connectivity index (χ0v) is 13.0. The molecule has 0 saturated heterocycles. The van der Waals surface area contributed by atoms with Crippen LogP contribution in [-0.2, 0) is 4.84 Å². The maximum absolute atomic E-state index is 5.95. The molecule has 2 aromatic carbocycles. The Balaban J connectivity index is 2.31. The van der Waals surface area contributed by atoms with Crippen LogP contribution in [-0.4, -0.2) is 11.5 Å². The van der Waals surface area contributed by atoms with Crippen molar-refractivity contribution >= 4 is 5.90 Å². The van der Waals surface area contributed by atoms with Crippen molar-refractivity contribution in [2.75, 3.05) is 0 Å². The molecule has 0 unspecified atom stereocenters. The second-order valence-corrected chi connectivity index (χ2v) is 5.83. The number of para-hydroxylation sites is 1. The van der Waals surface area contributed by atoms with Gasteiger partial charge in [-0.3, -0.25) is 0 Å². The first-order chi connectivity index (χ1) is 9.96. The summed E-state index contributed by atoms with van der Waals surface area (Å²) in [6.07, 6.45) is 0. The van der Waals surface area contributed by atoms with Gasteiger partial charge in [0.05, 0.1) is 0 Å². The normalized spacial score (nSPS) is 12.1. The van der Waals surface area contributed by atoms with E-state index in [-0.39, 0.29) is 5.60 Å². The van der Waals surface area contributed by atoms with Gasteiger partial charge in [-0.2, -0.15) is 0 Å². The molecule has 0 fully saturated rings. The van der Waals surface area contributed by atoms with Crippen LogP contribution in [0.25, 0.3) is 0 Å². The van der Waals surface area contributed by atoms with Gasteiger partial charge in [-0.1, -0.05) is 36.4 Å². The maximum Gasteiger partial charge on any atom is 0.263 e. The molecule has 110 valence electrons. The van der Waals surface area contributed by atoms with Gasteiger partial charge in [0.25, 0.3) is 5.90 Å². The summed E-state index contributed by atoms with van der Waals surface area (Å²) >= 11 is 0. The monoisotopic (exact) mass is 283 g/mol. The molecular weight excluding hydrogens is 262 g/mol. The first-order valence-corrected chi connectivity index (χ1v) is 7.01. The van der Waals surface area contributed by atoms with Gasteiger partial charge in [0, 0.05) is 5.56 Å². The minimum absolute atomic E-state index is 0.366. The van der Waals surface area contributed by atoms with Crippen molar-refractivity contribution in [3.63, 3.8) is 0 Å². The highest BCUT2D eigenvalue weighted by Gasteiger charge is 2.14. The molecule has 0 atom stereocenters. The van der Waals surface area contributed by atoms with Gasteiger partial charge in [-0.25, -0.2) is 0 Å². The Morgan fingerprint density at radius 1 is 0.905 bits per heavy atom. The van der Waals surface area contributed by atoms with E-state index < -0.39 is 0 Å². The molecule has 0 heterocycles. The smallest absolute Gasteiger partial charge is 0.263 e. The summed E-state index contributed by atoms with van der Waals surface area (Å²) < 4.78 is 5.95. The largest absolute Gasteiger partial charge is 0.436 e. The van der Waals surface area contributed by atoms with Crippen LogP contribution < -0.4 is 4.74 Å². The number of nitrogens with zero attached hydrogens (tertiary/aromatic N) is 1. The molecule has 2 rings (SSSR count). The quantitative estimate of drug-likeness (QED) is 0.470. The average Bonchev–Trinajstić information content (AvgIpc) is 2.45. The molecule has 0 radical (unpaired) electrons. The van der Waals surface area contributed by atoms with Gasteiger partial charge in [-0.15, -0.1) is 0 Å². The van der Waals surface area contributed by atoms with Gasteiger partial charge < -0.3 is 9.57 Å². The van der Waals surface area contributed by atoms with Gasteiger partial charge in [0.2, 0.25) is 0 Å². The zero-order chi connectivity index (χ0) is 15.3. The van der Waals surface area contributed by atoms with E-state index >= 15 is 0 Å². The van der Waals surface area contributed by atoms with Gasteiger partial charge in [0.1, 0.15) is 11.4 Å². The molecule has 21 heavy (non-hydrogen) atoms. The van der Waals surface area contributed by atoms with Crippen LogP contribution >= 0.6 is 0 Å². The third kappa shape index (κ3) is 4.63. The number of oxime groups is 1. The van der Waals surface area contributed by atoms with Crippen LogP contribution in [0.15, 0.2) is 59.8 Å². The van der Waals surface area contributed by atoms with Crippen LogP contribution in [0.5, 0.6) is 5.75 Å². The summed E-state index contributed by atoms with van der Waals surface area (Å²) in [4.78, 5) is 5.52. The summed E-state index contributed by atoms with van der Waals surface area (Å²) in [6.45, 7) is 7.86. The second kappa shape index (κ2) is 6.44. The summed E-state index contributed by atoms with van der Waals surface area (Å²) in [5, 5.41) is 4.20. The first-order valence-electron chi connectivity index (χ1n) is 7.01. The Kier molecular flexibility index (Phi) is 4.63. The molecule has 0 aliphatic heterocycles. The van der Waals surface area contributed by atoms with Crippen molar-refractivity contribution in [2.45, 2.75) is 33.3 Å². The van der Waals surface area contributed by atoms with Crippen molar-refractivity contribution in [3.8, 4) is 5.75 Å². The highest BCUT2D eigenvalue weighted by atomic mass is 16.7. The molecule has 0 spiro atoms. The molecule has 3 nitrogen and oxygen atoms in total. The molecule has 2 aromatic rings. The molecule has 0 aliphatic rings. The predicted molar refractivity (Wildman–Crippen MR) is 85.6 cm³/mol. The number of hydrogen-bond acceptors (Lipinski definition) is 3. The zero-order valence-electron chi connectivity index (χ0n) is 13.0. The SMILES string of the molecule is Cc1ccccc1O/C(=N/OC(C)(C)C)c1ccccc1. The average molecular weight is 283 g/mol. The number of aryl methyl sites for hydroxylation is 1. The van der Waals surface area contributed by atoms with Crippen LogP contribution in [0.4, 0.5) is 0 Å². The minimum Gasteiger partial charge on any atom is -0.436 e. The lowest BCUT2D eigenvalue weighted by Gasteiger charge is -2.17. The Bertz CT molecular complexity index is 613. The van der Waals surface area contributed by atoms with E-state index in [1.807, 2.05) is 82.3 Å². The fourth-order valence-corrected chi connectivity index (χ4v) is 1.66. The van der Waals surface area contributed by atoms with Crippen LogP contribution in [0.1, 0.15) is 31.9 Å². The lowest BCUT2D eigenvalue weighted by atomic mass is 10.2. The summed E-state index contributed by atoms with van der Waals surface area (Å²) in [7, 11) is 0. The Morgan fingerprint density at radius 3 is 2.14 bits per heavy atom. The molecule has 0 aliphatic carbocycles. The summed E-state index contributed by atoms with van der Waals surface area (Å²) in [5.74, 6) is 1.23. The van der Waals surface area contributed by atoms with Gasteiger partial charge >= 0.3 is 0 Å². The molecule has 0 saturated carbocycles. The van der Waals surface area contributed by atoms with E-state index in [9.17, 15) is 0 Å². The predicted octanol–water partition coefficient (Wildman–Crippen LogP) is 4.55. The van der Waals surface area contributed by atoms with E-state index in [0.717, 1.165) is 16.9 Å². The molecule has 0 aromatic heterocycles. The fraction of sp³-hybridized carbons (Fsp3) is 0.278. The van der Waals surface area contributed by atoms with Crippen LogP contribution in [0.2, 0.25) is 0 Å². The van der Waals surface area contributed by atoms with Crippen LogP contribution in [0.3, 0.4) is 0 Å². The van der Waals surface area contributed by atoms with E-state index in [1.54, 1.807) is 0 Å². The molecule has 0 amide bonds. The van der Waals surface area contributed by atoms with Crippen molar-refractivity contribution in [1.82, 2.24) is 0 Å². The lowest BCUT2D eigenvalue weighted by Crippen LogP contribution is -2.19. The minimum atomic E-state index is -0.366. The number of benzene rings is 2. The number of hydrogen-bond donors (Lipinski definition) is 0. The van der Waals surface area contributed by atoms with E-state index in [0.29, 0.717) is 5.90 Å². The number of rotatable bonds is 3. The second-order valence-electron chi connectivity index (χ2n) is 5.83. The number of ether oxygens (including phenoxy) is 1. The highest BCUT2D eigenvalue weighted by Crippen LogP contribution is 2.19. The van der Waals surface area contributed by atoms with Crippen LogP contribution in [0, 0.1) is 6.92 Å². The Hall–Kier alpha value is -2.29. The third-order valence-electron chi connectivity index (χ3n) is 2.72. The topological polar surface area (TPSA) is 30.8 Å². The van der Waals surface area contributed by atoms with Crippen molar-refractivity contribution in [2.24, 2.45) is 5.16 Å². The van der Waals surface area contributed by atoms with Crippen molar-refractivity contribution < 1.29 is 9.57 Å². The lowest BCUT2D eigenvalue weighted by molar-refractivity contribution is -0.00152. The Labute approximate surface area is 126 Å². The van der Waals surface area contributed by atoms with Gasteiger partial charge in [-0.05, 0) is 56.6 Å². The van der Waals surface area contributed by atoms with E-state index in [4.69, 9.17) is 9.57 Å². The molecule has 0 N–H and O–H groups in total. The molecule has 3 heteroatoms. The fourth-order valence-electron chi connectivity index (χ4n) is 1.66. The van der Waals surface area contributed by atoms with Crippen molar-refractivity contribution in [1.29, 1.82) is 0 Å². The summed E-state index contributed by atoms with van der Waals surface area (Å²) in [5.41, 5.74) is 1.57. The molecular formula is C18H21NO2. The highest BCUT2D eigenvalue weighted by molar-refractivity contribution is 5.95.